The number of carbonyl (C=O) groups is 3. The summed E-state index contributed by atoms with van der Waals surface area (Å²) >= 11 is 0. The number of halogens is 3. The summed E-state index contributed by atoms with van der Waals surface area (Å²) in [5, 5.41) is 20.1. The van der Waals surface area contributed by atoms with Crippen LogP contribution in [0.2, 0.25) is 0 Å². The normalized spacial score (nSPS) is 21.5. The maximum atomic E-state index is 14.2. The molecule has 6 rings (SSSR count). The molecule has 0 radical (unpaired) electrons. The molecule has 3 aliphatic rings. The van der Waals surface area contributed by atoms with Crippen LogP contribution in [0, 0.1) is 17.5 Å². The molecule has 2 amide bonds. The Labute approximate surface area is 278 Å². The monoisotopic (exact) mass is 665 g/mol. The van der Waals surface area contributed by atoms with Crippen LogP contribution in [-0.2, 0) is 19.8 Å². The summed E-state index contributed by atoms with van der Waals surface area (Å²) in [6, 6.07) is 14.3. The van der Waals surface area contributed by atoms with E-state index >= 15 is 0 Å². The van der Waals surface area contributed by atoms with Gasteiger partial charge in [0.25, 0.3) is 0 Å². The number of β-amino-alcohol motifs (C(OH)–C–C–N with tert-alkyl or cyclic N) is 1. The Kier molecular flexibility index (Phi) is 11.2. The molecule has 0 aliphatic carbocycles. The van der Waals surface area contributed by atoms with E-state index in [1.165, 1.54) is 115 Å². The van der Waals surface area contributed by atoms with Crippen LogP contribution in [0.25, 0.3) is 0 Å². The lowest BCUT2D eigenvalue weighted by molar-refractivity contribution is -0.151. The first-order chi connectivity index (χ1) is 23.0. The van der Waals surface area contributed by atoms with Crippen LogP contribution in [0.15, 0.2) is 72.8 Å². The van der Waals surface area contributed by atoms with E-state index in [0.717, 1.165) is 0 Å². The third-order valence-electron chi connectivity index (χ3n) is 9.71. The van der Waals surface area contributed by atoms with Crippen molar-refractivity contribution in [3.8, 4) is 0 Å². The Balaban J connectivity index is 0.000000572. The van der Waals surface area contributed by atoms with Gasteiger partial charge in [-0.05, 0) is 98.9 Å². The largest absolute Gasteiger partial charge is 0.480 e. The number of amides is 2. The van der Waals surface area contributed by atoms with Crippen molar-refractivity contribution in [2.75, 3.05) is 33.2 Å². The molecule has 0 bridgehead atoms. The van der Waals surface area contributed by atoms with Crippen molar-refractivity contribution in [2.24, 2.45) is 0 Å². The molecule has 3 saturated heterocycles. The van der Waals surface area contributed by atoms with Gasteiger partial charge in [-0.1, -0.05) is 42.8 Å². The van der Waals surface area contributed by atoms with Gasteiger partial charge in [-0.2, -0.15) is 0 Å². The van der Waals surface area contributed by atoms with E-state index in [4.69, 9.17) is 0 Å². The number of aliphatic carboxylic acids is 1. The molecule has 0 saturated carbocycles. The van der Waals surface area contributed by atoms with Crippen LogP contribution in [0.5, 0.6) is 0 Å². The van der Waals surface area contributed by atoms with Gasteiger partial charge in [0.05, 0.1) is 11.5 Å². The number of aliphatic hydroxyl groups excluding tert-OH is 1. The summed E-state index contributed by atoms with van der Waals surface area (Å²) in [5.74, 6) is -3.76. The maximum Gasteiger partial charge on any atom is 0.326 e. The third-order valence-corrected chi connectivity index (χ3v) is 9.71. The van der Waals surface area contributed by atoms with Gasteiger partial charge in [0.1, 0.15) is 29.5 Å². The van der Waals surface area contributed by atoms with Gasteiger partial charge in [0, 0.05) is 25.9 Å². The topological polar surface area (TPSA) is 101 Å². The average molecular weight is 666 g/mol. The highest BCUT2D eigenvalue weighted by Gasteiger charge is 2.47. The van der Waals surface area contributed by atoms with Gasteiger partial charge in [0.15, 0.2) is 0 Å². The van der Waals surface area contributed by atoms with Crippen LogP contribution in [-0.4, -0.2) is 94.1 Å². The highest BCUT2D eigenvalue weighted by Crippen LogP contribution is 2.43. The second kappa shape index (κ2) is 15.3. The van der Waals surface area contributed by atoms with Crippen LogP contribution in [0.1, 0.15) is 61.6 Å². The number of aliphatic hydroxyl groups is 1. The molecule has 8 nitrogen and oxygen atoms in total. The number of nitrogens with zero attached hydrogens (tertiary/aromatic N) is 3. The minimum atomic E-state index is -1.36. The molecule has 3 aromatic rings. The first-order valence-electron chi connectivity index (χ1n) is 16.5. The minimum Gasteiger partial charge on any atom is -0.480 e. The zero-order valence-electron chi connectivity index (χ0n) is 27.0. The second-order valence-electron chi connectivity index (χ2n) is 12.9. The third kappa shape index (κ3) is 7.73. The Morgan fingerprint density at radius 3 is 1.60 bits per heavy atom. The zero-order valence-corrected chi connectivity index (χ0v) is 27.0. The molecule has 3 unspecified atom stereocenters. The Bertz CT molecular complexity index is 1450. The predicted octanol–water partition coefficient (Wildman–Crippen LogP) is 4.97. The molecular formula is C37H42F3N3O5. The number of hydrogen-bond acceptors (Lipinski definition) is 5. The summed E-state index contributed by atoms with van der Waals surface area (Å²) < 4.78 is 42.1. The fourth-order valence-corrected chi connectivity index (χ4v) is 7.19. The van der Waals surface area contributed by atoms with Crippen molar-refractivity contribution in [1.29, 1.82) is 0 Å². The zero-order chi connectivity index (χ0) is 34.4. The minimum absolute atomic E-state index is 0.0515. The van der Waals surface area contributed by atoms with Gasteiger partial charge in [-0.3, -0.25) is 9.59 Å². The standard InChI is InChI=1S/C31H29F3N2O5.C6H13N/c32-22-9-3-19(4-10-22)31(20-5-11-23(33)12-6-20,21-7-13-24(34)14-8-21)17-28(38)36-18-25(37)16-27(36)29(39)35-15-1-2-26(35)30(40)41;1-7-5-3-2-4-6-7/h3-14,25-27,37H,1-2,15-18H2,(H,40,41);2-6H2,1H3. The predicted molar refractivity (Wildman–Crippen MR) is 174 cm³/mol. The first-order valence-corrected chi connectivity index (χ1v) is 16.5. The van der Waals surface area contributed by atoms with E-state index in [-0.39, 0.29) is 25.9 Å². The van der Waals surface area contributed by atoms with Crippen molar-refractivity contribution >= 4 is 17.8 Å². The number of carbonyl (C=O) groups excluding carboxylic acids is 2. The molecular weight excluding hydrogens is 623 g/mol. The highest BCUT2D eigenvalue weighted by atomic mass is 19.1. The fourth-order valence-electron chi connectivity index (χ4n) is 7.19. The van der Waals surface area contributed by atoms with Crippen molar-refractivity contribution in [1.82, 2.24) is 14.7 Å². The van der Waals surface area contributed by atoms with E-state index in [1.807, 2.05) is 0 Å². The SMILES string of the molecule is CN1CCCCC1.O=C(O)C1CCCN1C(=O)C1CC(O)CN1C(=O)CC(c1ccc(F)cc1)(c1ccc(F)cc1)c1ccc(F)cc1. The number of hydrogen-bond donors (Lipinski definition) is 2. The van der Waals surface area contributed by atoms with E-state index < -0.39 is 58.8 Å². The van der Waals surface area contributed by atoms with Gasteiger partial charge in [-0.25, -0.2) is 18.0 Å². The van der Waals surface area contributed by atoms with Crippen LogP contribution >= 0.6 is 0 Å². The molecule has 11 heteroatoms. The lowest BCUT2D eigenvalue weighted by Gasteiger charge is -2.38. The summed E-state index contributed by atoms with van der Waals surface area (Å²) in [4.78, 5) is 44.4. The van der Waals surface area contributed by atoms with Crippen molar-refractivity contribution in [3.05, 3.63) is 107 Å². The Morgan fingerprint density at radius 1 is 0.708 bits per heavy atom. The number of piperidine rings is 1. The van der Waals surface area contributed by atoms with E-state index in [1.54, 1.807) is 0 Å². The van der Waals surface area contributed by atoms with E-state index in [0.29, 0.717) is 29.5 Å². The highest BCUT2D eigenvalue weighted by molar-refractivity contribution is 5.92. The smallest absolute Gasteiger partial charge is 0.326 e. The molecule has 48 heavy (non-hydrogen) atoms. The molecule has 3 heterocycles. The molecule has 3 aliphatic heterocycles. The van der Waals surface area contributed by atoms with Gasteiger partial charge >= 0.3 is 5.97 Å². The Hall–Kier alpha value is -4.22. The summed E-state index contributed by atoms with van der Waals surface area (Å²) in [7, 11) is 2.19. The maximum absolute atomic E-state index is 14.2. The van der Waals surface area contributed by atoms with Crippen molar-refractivity contribution in [2.45, 2.75) is 68.5 Å². The Morgan fingerprint density at radius 2 is 1.19 bits per heavy atom. The number of likely N-dealkylation sites (tertiary alicyclic amines) is 3. The molecule has 3 fully saturated rings. The number of carboxylic acid groups (broad SMARTS) is 1. The number of rotatable bonds is 7. The quantitative estimate of drug-likeness (QED) is 0.346. The fraction of sp³-hybridized carbons (Fsp3) is 0.432. The molecule has 3 aromatic carbocycles. The van der Waals surface area contributed by atoms with Crippen LogP contribution < -0.4 is 0 Å². The summed E-state index contributed by atoms with van der Waals surface area (Å²) in [6.45, 7) is 2.72. The van der Waals surface area contributed by atoms with Gasteiger partial charge < -0.3 is 24.9 Å². The second-order valence-corrected chi connectivity index (χ2v) is 12.9. The lowest BCUT2D eigenvalue weighted by atomic mass is 9.67. The molecule has 2 N–H and O–H groups in total. The first kappa shape index (κ1) is 35.1. The van der Waals surface area contributed by atoms with E-state index in [2.05, 4.69) is 11.9 Å². The summed E-state index contributed by atoms with van der Waals surface area (Å²) in [6.07, 6.45) is 3.70. The van der Waals surface area contributed by atoms with Gasteiger partial charge in [0.2, 0.25) is 11.8 Å². The molecule has 3 atom stereocenters. The van der Waals surface area contributed by atoms with E-state index in [9.17, 15) is 37.8 Å². The average Bonchev–Trinajstić information content (AvgIpc) is 3.73. The van der Waals surface area contributed by atoms with Crippen LogP contribution in [0.4, 0.5) is 13.2 Å². The van der Waals surface area contributed by atoms with Crippen molar-refractivity contribution < 1.29 is 37.8 Å². The van der Waals surface area contributed by atoms with Gasteiger partial charge in [-0.15, -0.1) is 0 Å². The number of benzene rings is 3. The molecule has 256 valence electrons. The molecule has 0 spiro atoms. The summed E-state index contributed by atoms with van der Waals surface area (Å²) in [5.41, 5.74) is 0.0561. The number of carboxylic acids is 1. The van der Waals surface area contributed by atoms with Crippen LogP contribution in [0.3, 0.4) is 0 Å². The lowest BCUT2D eigenvalue weighted by Crippen LogP contribution is -2.51. The molecule has 0 aromatic heterocycles. The van der Waals surface area contributed by atoms with Crippen molar-refractivity contribution in [3.63, 3.8) is 0 Å².